The molecule has 6 nitrogen and oxygen atoms in total. The Hall–Kier alpha value is -4.45. The first-order valence-electron chi connectivity index (χ1n) is 33.7. The molecule has 0 N–H and O–H groups in total. The molecule has 0 aliphatic rings. The van der Waals surface area contributed by atoms with Gasteiger partial charge in [0.1, 0.15) is 13.2 Å². The van der Waals surface area contributed by atoms with Crippen molar-refractivity contribution in [1.82, 2.24) is 0 Å². The maximum Gasteiger partial charge on any atom is 0.306 e. The van der Waals surface area contributed by atoms with Gasteiger partial charge in [-0.2, -0.15) is 0 Å². The van der Waals surface area contributed by atoms with Crippen LogP contribution in [0, 0.1) is 0 Å². The number of esters is 3. The molecule has 0 aromatic heterocycles. The predicted molar refractivity (Wildman–Crippen MR) is 353 cm³/mol. The summed E-state index contributed by atoms with van der Waals surface area (Å²) in [5, 5.41) is 0. The standard InChI is InChI=1S/C75H124O6/c1-4-7-10-13-16-19-22-25-28-30-31-32-33-34-35-36-37-38-39-40-41-42-43-44-45-46-48-50-53-56-59-62-65-68-74(77)80-71-72(70-79-73(76)67-64-61-58-55-52-49-27-24-21-18-15-12-9-6-3)81-75(78)69-66-63-60-57-54-51-47-29-26-23-20-17-14-11-8-5-2/h7,10,16,19,25,28-29,31-32,34-35,37-38,40-41,43-44,46-48,53,56,72H,4-6,8-9,11-15,17-18,20-24,26-27,30,33,36,39,42,45,49-52,54-55,57-71H2,1-3H3/b10-7-,19-16-,28-25-,32-31-,35-34-,38-37-,41-40-,44-43-,47-29-,48-46-,56-53-. The molecule has 0 rings (SSSR count). The summed E-state index contributed by atoms with van der Waals surface area (Å²) in [6.07, 6.45) is 96.1. The highest BCUT2D eigenvalue weighted by molar-refractivity contribution is 5.71. The molecule has 0 saturated carbocycles. The summed E-state index contributed by atoms with van der Waals surface area (Å²) in [6.45, 7) is 6.50. The lowest BCUT2D eigenvalue weighted by Crippen LogP contribution is -2.30. The summed E-state index contributed by atoms with van der Waals surface area (Å²) < 4.78 is 16.9. The Morgan fingerprint density at radius 1 is 0.259 bits per heavy atom. The van der Waals surface area contributed by atoms with Crippen molar-refractivity contribution in [3.05, 3.63) is 134 Å². The molecule has 0 bridgehead atoms. The SMILES string of the molecule is CC/C=C\C/C=C\C/C=C\C/C=C\C/C=C\C/C=C\C/C=C\C/C=C\C/C=C\C/C=C\CCCCC(=O)OCC(COC(=O)CCCCCCCCCCCCCCCC)OC(=O)CCCCCCC/C=C\CCCCCCCCC. The highest BCUT2D eigenvalue weighted by Gasteiger charge is 2.19. The molecular formula is C75H124O6. The maximum absolute atomic E-state index is 12.9. The average Bonchev–Trinajstić information content (AvgIpc) is 3.47. The molecule has 0 aromatic rings. The fourth-order valence-corrected chi connectivity index (χ4v) is 9.11. The predicted octanol–water partition coefficient (Wildman–Crippen LogP) is 23.3. The Morgan fingerprint density at radius 3 is 0.790 bits per heavy atom. The van der Waals surface area contributed by atoms with Crippen molar-refractivity contribution in [2.75, 3.05) is 13.2 Å². The first kappa shape index (κ1) is 76.5. The highest BCUT2D eigenvalue weighted by atomic mass is 16.6. The Balaban J connectivity index is 4.39. The lowest BCUT2D eigenvalue weighted by atomic mass is 10.0. The van der Waals surface area contributed by atoms with E-state index < -0.39 is 6.10 Å². The zero-order valence-corrected chi connectivity index (χ0v) is 52.8. The van der Waals surface area contributed by atoms with E-state index in [1.54, 1.807) is 0 Å². The topological polar surface area (TPSA) is 78.9 Å². The molecule has 1 atom stereocenters. The second-order valence-corrected chi connectivity index (χ2v) is 22.0. The summed E-state index contributed by atoms with van der Waals surface area (Å²) in [6, 6.07) is 0. The van der Waals surface area contributed by atoms with Gasteiger partial charge in [0.2, 0.25) is 0 Å². The van der Waals surface area contributed by atoms with Gasteiger partial charge in [0, 0.05) is 19.3 Å². The lowest BCUT2D eigenvalue weighted by Gasteiger charge is -2.18. The number of hydrogen-bond donors (Lipinski definition) is 0. The van der Waals surface area contributed by atoms with Crippen molar-refractivity contribution in [3.63, 3.8) is 0 Å². The van der Waals surface area contributed by atoms with Crippen molar-refractivity contribution in [3.8, 4) is 0 Å². The van der Waals surface area contributed by atoms with E-state index in [4.69, 9.17) is 14.2 Å². The van der Waals surface area contributed by atoms with E-state index in [2.05, 4.69) is 154 Å². The molecule has 0 spiro atoms. The Morgan fingerprint density at radius 2 is 0.481 bits per heavy atom. The molecule has 81 heavy (non-hydrogen) atoms. The molecule has 460 valence electrons. The molecule has 0 heterocycles. The fourth-order valence-electron chi connectivity index (χ4n) is 9.11. The van der Waals surface area contributed by atoms with Crippen LogP contribution < -0.4 is 0 Å². The van der Waals surface area contributed by atoms with Gasteiger partial charge < -0.3 is 14.2 Å². The minimum absolute atomic E-state index is 0.0951. The van der Waals surface area contributed by atoms with Gasteiger partial charge in [-0.1, -0.05) is 296 Å². The molecule has 0 aromatic carbocycles. The van der Waals surface area contributed by atoms with Crippen LogP contribution >= 0.6 is 0 Å². The third-order valence-electron chi connectivity index (χ3n) is 14.1. The fraction of sp³-hybridized carbons (Fsp3) is 0.667. The maximum atomic E-state index is 12.9. The van der Waals surface area contributed by atoms with Crippen molar-refractivity contribution >= 4 is 17.9 Å². The van der Waals surface area contributed by atoms with E-state index in [1.807, 2.05) is 0 Å². The first-order chi connectivity index (χ1) is 40.0. The number of unbranched alkanes of at least 4 members (excludes halogenated alkanes) is 27. The van der Waals surface area contributed by atoms with E-state index >= 15 is 0 Å². The number of hydrogen-bond acceptors (Lipinski definition) is 6. The Kier molecular flexibility index (Phi) is 64.3. The first-order valence-corrected chi connectivity index (χ1v) is 33.7. The molecule has 0 saturated heterocycles. The number of allylic oxidation sites excluding steroid dienone is 22. The molecule has 6 heteroatoms. The largest absolute Gasteiger partial charge is 0.462 e. The molecule has 0 amide bonds. The van der Waals surface area contributed by atoms with E-state index in [0.717, 1.165) is 128 Å². The molecule has 0 radical (unpaired) electrons. The van der Waals surface area contributed by atoms with Gasteiger partial charge in [0.05, 0.1) is 0 Å². The average molecular weight is 1120 g/mol. The zero-order valence-electron chi connectivity index (χ0n) is 52.8. The van der Waals surface area contributed by atoms with Crippen molar-refractivity contribution < 1.29 is 28.6 Å². The van der Waals surface area contributed by atoms with Crippen LogP contribution in [0.5, 0.6) is 0 Å². The van der Waals surface area contributed by atoms with Crippen LogP contribution in [0.4, 0.5) is 0 Å². The van der Waals surface area contributed by atoms with Crippen LogP contribution in [0.15, 0.2) is 134 Å². The van der Waals surface area contributed by atoms with Gasteiger partial charge in [-0.15, -0.1) is 0 Å². The lowest BCUT2D eigenvalue weighted by molar-refractivity contribution is -0.167. The molecule has 0 aliphatic carbocycles. The van der Waals surface area contributed by atoms with Crippen LogP contribution in [-0.2, 0) is 28.6 Å². The second-order valence-electron chi connectivity index (χ2n) is 22.0. The zero-order chi connectivity index (χ0) is 58.5. The quantitative estimate of drug-likeness (QED) is 0.0261. The third-order valence-corrected chi connectivity index (χ3v) is 14.1. The number of carbonyl (C=O) groups excluding carboxylic acids is 3. The summed E-state index contributed by atoms with van der Waals surface area (Å²) in [4.78, 5) is 38.3. The van der Waals surface area contributed by atoms with Crippen LogP contribution in [0.2, 0.25) is 0 Å². The van der Waals surface area contributed by atoms with Crippen LogP contribution in [0.25, 0.3) is 0 Å². The number of carbonyl (C=O) groups is 3. The summed E-state index contributed by atoms with van der Waals surface area (Å²) >= 11 is 0. The monoisotopic (exact) mass is 1120 g/mol. The van der Waals surface area contributed by atoms with Crippen LogP contribution in [0.1, 0.15) is 303 Å². The summed E-state index contributed by atoms with van der Waals surface area (Å²) in [7, 11) is 0. The van der Waals surface area contributed by atoms with Crippen molar-refractivity contribution in [2.45, 2.75) is 309 Å². The van der Waals surface area contributed by atoms with Gasteiger partial charge >= 0.3 is 17.9 Å². The molecule has 0 aliphatic heterocycles. The van der Waals surface area contributed by atoms with Crippen LogP contribution in [-0.4, -0.2) is 37.2 Å². The minimum atomic E-state index is -0.803. The normalized spacial score (nSPS) is 13.0. The van der Waals surface area contributed by atoms with Gasteiger partial charge in [-0.05, 0) is 122 Å². The van der Waals surface area contributed by atoms with Crippen LogP contribution in [0.3, 0.4) is 0 Å². The van der Waals surface area contributed by atoms with Crippen molar-refractivity contribution in [1.29, 1.82) is 0 Å². The summed E-state index contributed by atoms with van der Waals surface area (Å²) in [5.74, 6) is -0.943. The number of rotatable bonds is 60. The minimum Gasteiger partial charge on any atom is -0.462 e. The van der Waals surface area contributed by atoms with Gasteiger partial charge in [-0.3, -0.25) is 14.4 Å². The Labute approximate surface area is 500 Å². The molecule has 1 unspecified atom stereocenters. The van der Waals surface area contributed by atoms with E-state index in [9.17, 15) is 14.4 Å². The van der Waals surface area contributed by atoms with Gasteiger partial charge in [0.15, 0.2) is 6.10 Å². The molecule has 0 fully saturated rings. The van der Waals surface area contributed by atoms with Gasteiger partial charge in [-0.25, -0.2) is 0 Å². The molecular weight excluding hydrogens is 997 g/mol. The van der Waals surface area contributed by atoms with E-state index in [-0.39, 0.29) is 31.1 Å². The highest BCUT2D eigenvalue weighted by Crippen LogP contribution is 2.16. The second kappa shape index (κ2) is 68.1. The van der Waals surface area contributed by atoms with E-state index in [0.29, 0.717) is 25.7 Å². The number of ether oxygens (including phenoxy) is 3. The smallest absolute Gasteiger partial charge is 0.306 e. The third kappa shape index (κ3) is 66.2. The van der Waals surface area contributed by atoms with Crippen molar-refractivity contribution in [2.24, 2.45) is 0 Å². The summed E-state index contributed by atoms with van der Waals surface area (Å²) in [5.41, 5.74) is 0. The van der Waals surface area contributed by atoms with Gasteiger partial charge in [0.25, 0.3) is 0 Å². The van der Waals surface area contributed by atoms with E-state index in [1.165, 1.54) is 128 Å². The Bertz CT molecular complexity index is 1720.